The van der Waals surface area contributed by atoms with Crippen LogP contribution >= 0.6 is 0 Å². The minimum Gasteiger partial charge on any atom is -0.376 e. The second-order valence-electron chi connectivity index (χ2n) is 7.23. The fraction of sp³-hybridized carbons (Fsp3) is 0.421. The maximum Gasteiger partial charge on any atom is 0.259 e. The molecule has 0 N–H and O–H groups in total. The Morgan fingerprint density at radius 1 is 1.03 bits per heavy atom. The highest BCUT2D eigenvalue weighted by atomic mass is 16.5. The molecular weight excluding hydrogens is 374 g/mol. The highest BCUT2D eigenvalue weighted by Gasteiger charge is 2.42. The van der Waals surface area contributed by atoms with Crippen molar-refractivity contribution in [3.63, 3.8) is 0 Å². The largest absolute Gasteiger partial charge is 0.376 e. The van der Waals surface area contributed by atoms with Crippen LogP contribution in [0.5, 0.6) is 0 Å². The number of fused-ring (bicyclic) bond motifs is 1. The Morgan fingerprint density at radius 2 is 1.90 bits per heavy atom. The van der Waals surface area contributed by atoms with E-state index in [4.69, 9.17) is 9.47 Å². The van der Waals surface area contributed by atoms with Crippen LogP contribution in [0.2, 0.25) is 0 Å². The number of anilines is 1. The van der Waals surface area contributed by atoms with Gasteiger partial charge in [-0.1, -0.05) is 0 Å². The van der Waals surface area contributed by atoms with Gasteiger partial charge in [0, 0.05) is 37.9 Å². The lowest BCUT2D eigenvalue weighted by Crippen LogP contribution is -2.60. The lowest BCUT2D eigenvalue weighted by molar-refractivity contribution is -0.124. The summed E-state index contributed by atoms with van der Waals surface area (Å²) < 4.78 is 13.6. The molecule has 10 heteroatoms. The second kappa shape index (κ2) is 7.37. The van der Waals surface area contributed by atoms with Crippen LogP contribution in [0.3, 0.4) is 0 Å². The predicted octanol–water partition coefficient (Wildman–Crippen LogP) is 0.267. The van der Waals surface area contributed by atoms with Crippen LogP contribution in [0.25, 0.3) is 5.65 Å². The maximum absolute atomic E-state index is 13.2. The topological polar surface area (TPSA) is 98.0 Å². The van der Waals surface area contributed by atoms with Crippen molar-refractivity contribution in [1.82, 2.24) is 29.5 Å². The molecular formula is C19H21N7O3. The summed E-state index contributed by atoms with van der Waals surface area (Å²) in [5.41, 5.74) is 0.398. The standard InChI is InChI=1S/C19H21N7O3/c27-17(15-11-23-26-6-2-5-20-16(15)26)24-8-10-29-19(12-24)13-25(7-9-28-14-19)18-21-3-1-4-22-18/h1-6,11H,7-10,12-14H2. The molecule has 1 spiro atoms. The summed E-state index contributed by atoms with van der Waals surface area (Å²) >= 11 is 0. The van der Waals surface area contributed by atoms with E-state index in [-0.39, 0.29) is 5.91 Å². The molecule has 1 unspecified atom stereocenters. The number of aromatic nitrogens is 5. The van der Waals surface area contributed by atoms with E-state index in [1.165, 1.54) is 0 Å². The van der Waals surface area contributed by atoms with Gasteiger partial charge < -0.3 is 19.3 Å². The van der Waals surface area contributed by atoms with Crippen molar-refractivity contribution in [1.29, 1.82) is 0 Å². The fourth-order valence-corrected chi connectivity index (χ4v) is 3.88. The van der Waals surface area contributed by atoms with Crippen LogP contribution < -0.4 is 4.90 Å². The van der Waals surface area contributed by atoms with Crippen LogP contribution in [0.15, 0.2) is 43.1 Å². The summed E-state index contributed by atoms with van der Waals surface area (Å²) in [5.74, 6) is 0.532. The molecule has 3 aromatic rings. The first-order valence-electron chi connectivity index (χ1n) is 9.55. The summed E-state index contributed by atoms with van der Waals surface area (Å²) in [7, 11) is 0. The van der Waals surface area contributed by atoms with E-state index < -0.39 is 5.60 Å². The first-order chi connectivity index (χ1) is 14.2. The number of carbonyl (C=O) groups excluding carboxylic acids is 1. The van der Waals surface area contributed by atoms with Crippen LogP contribution in [-0.2, 0) is 9.47 Å². The van der Waals surface area contributed by atoms with Crippen molar-refractivity contribution in [2.75, 3.05) is 50.9 Å². The molecule has 2 fully saturated rings. The molecule has 1 atom stereocenters. The molecule has 0 saturated carbocycles. The molecule has 2 saturated heterocycles. The average molecular weight is 395 g/mol. The van der Waals surface area contributed by atoms with Crippen LogP contribution in [-0.4, -0.2) is 87.0 Å². The minimum absolute atomic E-state index is 0.104. The molecule has 29 heavy (non-hydrogen) atoms. The Bertz CT molecular complexity index is 1010. The van der Waals surface area contributed by atoms with E-state index in [9.17, 15) is 4.79 Å². The van der Waals surface area contributed by atoms with Crippen LogP contribution in [0, 0.1) is 0 Å². The van der Waals surface area contributed by atoms with Gasteiger partial charge in [-0.05, 0) is 12.1 Å². The summed E-state index contributed by atoms with van der Waals surface area (Å²) in [4.78, 5) is 30.1. The Balaban J connectivity index is 1.39. The molecule has 1 amide bonds. The van der Waals surface area contributed by atoms with Gasteiger partial charge in [-0.3, -0.25) is 4.79 Å². The number of hydrogen-bond acceptors (Lipinski definition) is 8. The zero-order chi connectivity index (χ0) is 19.7. The highest BCUT2D eigenvalue weighted by Crippen LogP contribution is 2.25. The van der Waals surface area contributed by atoms with Crippen molar-refractivity contribution in [3.05, 3.63) is 48.7 Å². The van der Waals surface area contributed by atoms with Gasteiger partial charge in [0.1, 0.15) is 11.2 Å². The van der Waals surface area contributed by atoms with Gasteiger partial charge in [0.15, 0.2) is 5.65 Å². The van der Waals surface area contributed by atoms with Crippen molar-refractivity contribution in [2.24, 2.45) is 0 Å². The third-order valence-corrected chi connectivity index (χ3v) is 5.23. The minimum atomic E-state index is -0.639. The molecule has 0 aromatic carbocycles. The van der Waals surface area contributed by atoms with E-state index in [1.807, 2.05) is 0 Å². The predicted molar refractivity (Wildman–Crippen MR) is 103 cm³/mol. The van der Waals surface area contributed by atoms with Gasteiger partial charge >= 0.3 is 0 Å². The smallest absolute Gasteiger partial charge is 0.259 e. The van der Waals surface area contributed by atoms with Gasteiger partial charge in [0.2, 0.25) is 5.95 Å². The van der Waals surface area contributed by atoms with Gasteiger partial charge in [-0.15, -0.1) is 0 Å². The molecule has 2 aliphatic rings. The van der Waals surface area contributed by atoms with Crippen LogP contribution in [0.1, 0.15) is 10.4 Å². The van der Waals surface area contributed by atoms with Gasteiger partial charge in [0.05, 0.1) is 39.1 Å². The molecule has 0 aliphatic carbocycles. The lowest BCUT2D eigenvalue weighted by atomic mass is 10.0. The van der Waals surface area contributed by atoms with E-state index in [1.54, 1.807) is 52.5 Å². The first-order valence-corrected chi connectivity index (χ1v) is 9.55. The summed E-state index contributed by atoms with van der Waals surface area (Å²) in [5, 5.41) is 4.23. The second-order valence-corrected chi connectivity index (χ2v) is 7.23. The normalized spacial score (nSPS) is 22.8. The number of amides is 1. The van der Waals surface area contributed by atoms with Crippen molar-refractivity contribution < 1.29 is 14.3 Å². The van der Waals surface area contributed by atoms with Crippen molar-refractivity contribution in [2.45, 2.75) is 5.60 Å². The Hall–Kier alpha value is -3.11. The van der Waals surface area contributed by atoms with Gasteiger partial charge in [-0.2, -0.15) is 5.10 Å². The average Bonchev–Trinajstić information content (AvgIpc) is 3.10. The number of morpholine rings is 1. The number of nitrogens with zero attached hydrogens (tertiary/aromatic N) is 7. The zero-order valence-electron chi connectivity index (χ0n) is 15.8. The summed E-state index contributed by atoms with van der Waals surface area (Å²) in [6.07, 6.45) is 8.44. The van der Waals surface area contributed by atoms with Crippen molar-refractivity contribution >= 4 is 17.5 Å². The number of carbonyl (C=O) groups is 1. The quantitative estimate of drug-likeness (QED) is 0.610. The maximum atomic E-state index is 13.2. The molecule has 10 nitrogen and oxygen atoms in total. The highest BCUT2D eigenvalue weighted by molar-refractivity contribution is 5.99. The van der Waals surface area contributed by atoms with E-state index in [0.29, 0.717) is 63.2 Å². The third-order valence-electron chi connectivity index (χ3n) is 5.23. The zero-order valence-corrected chi connectivity index (χ0v) is 15.8. The van der Waals surface area contributed by atoms with E-state index in [0.717, 1.165) is 0 Å². The first kappa shape index (κ1) is 18.0. The molecule has 0 bridgehead atoms. The number of hydrogen-bond donors (Lipinski definition) is 0. The molecule has 3 aromatic heterocycles. The van der Waals surface area contributed by atoms with E-state index >= 15 is 0 Å². The fourth-order valence-electron chi connectivity index (χ4n) is 3.88. The summed E-state index contributed by atoms with van der Waals surface area (Å²) in [6, 6.07) is 3.57. The van der Waals surface area contributed by atoms with E-state index in [2.05, 4.69) is 25.0 Å². The summed E-state index contributed by atoms with van der Waals surface area (Å²) in [6.45, 7) is 3.54. The van der Waals surface area contributed by atoms with Crippen molar-refractivity contribution in [3.8, 4) is 0 Å². The van der Waals surface area contributed by atoms with Gasteiger partial charge in [-0.25, -0.2) is 19.5 Å². The lowest BCUT2D eigenvalue weighted by Gasteiger charge is -2.43. The Labute approximate surface area is 167 Å². The monoisotopic (exact) mass is 395 g/mol. The molecule has 5 heterocycles. The Morgan fingerprint density at radius 3 is 2.79 bits per heavy atom. The SMILES string of the molecule is O=C(c1cnn2cccnc12)N1CCOC2(COCCN(c3ncccn3)C2)C1. The number of rotatable bonds is 2. The number of ether oxygens (including phenoxy) is 2. The molecule has 5 rings (SSSR count). The molecule has 2 aliphatic heterocycles. The third kappa shape index (κ3) is 3.40. The van der Waals surface area contributed by atoms with Crippen LogP contribution in [0.4, 0.5) is 5.95 Å². The Kier molecular flexibility index (Phi) is 4.57. The molecule has 0 radical (unpaired) electrons. The molecule has 150 valence electrons. The van der Waals surface area contributed by atoms with Gasteiger partial charge in [0.25, 0.3) is 5.91 Å².